The zero-order valence-electron chi connectivity index (χ0n) is 17.2. The van der Waals surface area contributed by atoms with Crippen LogP contribution in [0.25, 0.3) is 10.9 Å². The number of benzene rings is 2. The maximum Gasteiger partial charge on any atom is 0.337 e. The van der Waals surface area contributed by atoms with E-state index < -0.39 is 24.0 Å². The Morgan fingerprint density at radius 1 is 1.29 bits per heavy atom. The molecule has 1 heterocycles. The first-order valence-electron chi connectivity index (χ1n) is 10.3. The van der Waals surface area contributed by atoms with Gasteiger partial charge < -0.3 is 19.7 Å². The summed E-state index contributed by atoms with van der Waals surface area (Å²) in [5.41, 5.74) is 0.977. The van der Waals surface area contributed by atoms with Gasteiger partial charge in [-0.25, -0.2) is 9.18 Å². The number of hydrogen-bond acceptors (Lipinski definition) is 5. The van der Waals surface area contributed by atoms with E-state index in [1.54, 1.807) is 23.0 Å². The van der Waals surface area contributed by atoms with Crippen LogP contribution in [0.4, 0.5) is 4.39 Å². The molecule has 164 valence electrons. The summed E-state index contributed by atoms with van der Waals surface area (Å²) in [6.07, 6.45) is 4.06. The number of carboxylic acids is 1. The minimum absolute atomic E-state index is 0.0292. The number of hydrogen-bond donors (Lipinski definition) is 2. The number of methoxy groups -OCH3 is 1. The Morgan fingerprint density at radius 3 is 2.77 bits per heavy atom. The van der Waals surface area contributed by atoms with Crippen molar-refractivity contribution in [2.45, 2.75) is 50.5 Å². The Hall–Kier alpha value is -2.97. The highest BCUT2D eigenvalue weighted by Gasteiger charge is 2.28. The van der Waals surface area contributed by atoms with Crippen molar-refractivity contribution in [1.29, 1.82) is 0 Å². The molecule has 0 radical (unpaired) electrons. The average Bonchev–Trinajstić information content (AvgIpc) is 3.42. The highest BCUT2D eigenvalue weighted by molar-refractivity contribution is 6.01. The van der Waals surface area contributed by atoms with Crippen LogP contribution in [0, 0.1) is 5.82 Å². The van der Waals surface area contributed by atoms with Crippen molar-refractivity contribution in [3.8, 4) is 5.75 Å². The highest BCUT2D eigenvalue weighted by Crippen LogP contribution is 2.30. The molecule has 2 N–H and O–H groups in total. The number of carboxylic acid groups (broad SMARTS) is 1. The smallest absolute Gasteiger partial charge is 0.337 e. The molecule has 0 amide bonds. The van der Waals surface area contributed by atoms with Crippen LogP contribution in [-0.4, -0.2) is 45.3 Å². The zero-order valence-corrected chi connectivity index (χ0v) is 17.2. The fourth-order valence-electron chi connectivity index (χ4n) is 4.11. The van der Waals surface area contributed by atoms with Crippen LogP contribution in [0.3, 0.4) is 0 Å². The Bertz CT molecular complexity index is 1080. The van der Waals surface area contributed by atoms with E-state index in [2.05, 4.69) is 5.10 Å². The van der Waals surface area contributed by atoms with Crippen LogP contribution in [0.5, 0.6) is 5.75 Å². The van der Waals surface area contributed by atoms with Crippen LogP contribution in [0.1, 0.15) is 47.7 Å². The Morgan fingerprint density at radius 2 is 2.06 bits per heavy atom. The predicted molar refractivity (Wildman–Crippen MR) is 112 cm³/mol. The van der Waals surface area contributed by atoms with Crippen LogP contribution in [-0.2, 0) is 11.3 Å². The molecule has 8 heteroatoms. The van der Waals surface area contributed by atoms with Gasteiger partial charge in [-0.1, -0.05) is 31.0 Å². The van der Waals surface area contributed by atoms with Gasteiger partial charge in [-0.05, 0) is 36.6 Å². The molecule has 0 saturated heterocycles. The minimum Gasteiger partial charge on any atom is -0.494 e. The largest absolute Gasteiger partial charge is 0.494 e. The van der Waals surface area contributed by atoms with Gasteiger partial charge in [-0.15, -0.1) is 0 Å². The summed E-state index contributed by atoms with van der Waals surface area (Å²) in [6, 6.07) is 9.20. The summed E-state index contributed by atoms with van der Waals surface area (Å²) in [5.74, 6) is -1.51. The van der Waals surface area contributed by atoms with Gasteiger partial charge in [0, 0.05) is 11.6 Å². The molecule has 2 aromatic carbocycles. The van der Waals surface area contributed by atoms with E-state index in [1.165, 1.54) is 31.4 Å². The molecule has 0 unspecified atom stereocenters. The number of ether oxygens (including phenoxy) is 2. The molecular formula is C23H25FN2O5. The molecule has 1 fully saturated rings. The molecule has 3 aromatic rings. The van der Waals surface area contributed by atoms with E-state index in [0.29, 0.717) is 16.5 Å². The molecular weight excluding hydrogens is 403 g/mol. The Kier molecular flexibility index (Phi) is 6.20. The summed E-state index contributed by atoms with van der Waals surface area (Å²) in [5, 5.41) is 25.6. The van der Waals surface area contributed by atoms with Crippen LogP contribution in [0.2, 0.25) is 0 Å². The van der Waals surface area contributed by atoms with Crippen molar-refractivity contribution in [2.24, 2.45) is 0 Å². The topological polar surface area (TPSA) is 93.8 Å². The van der Waals surface area contributed by atoms with Crippen molar-refractivity contribution in [1.82, 2.24) is 9.78 Å². The monoisotopic (exact) mass is 428 g/mol. The van der Waals surface area contributed by atoms with Gasteiger partial charge in [0.1, 0.15) is 17.7 Å². The van der Waals surface area contributed by atoms with Crippen LogP contribution >= 0.6 is 0 Å². The van der Waals surface area contributed by atoms with E-state index in [1.807, 2.05) is 0 Å². The van der Waals surface area contributed by atoms with Crippen molar-refractivity contribution in [3.05, 3.63) is 59.5 Å². The maximum absolute atomic E-state index is 13.8. The normalized spacial score (nSPS) is 16.5. The second-order valence-electron chi connectivity index (χ2n) is 7.82. The number of nitrogens with zero attached hydrogens (tertiary/aromatic N) is 2. The molecule has 31 heavy (non-hydrogen) atoms. The standard InChI is InChI=1S/C23H25FN2O5/c1-30-19-11-14(9-10-18(19)24)22(27)20(31-16-6-2-3-7-16)13-26-12-15-5-4-8-17(23(28)29)21(15)25-26/h4-5,8-12,16,20,22,27H,2-3,6-7,13H2,1H3,(H,28,29)/t20-,22-/m0/s1. The minimum atomic E-state index is -1.05. The number of fused-ring (bicyclic) bond motifs is 1. The number of aromatic carboxylic acids is 1. The van der Waals surface area contributed by atoms with Crippen molar-refractivity contribution >= 4 is 16.9 Å². The van der Waals surface area contributed by atoms with Crippen LogP contribution in [0.15, 0.2) is 42.6 Å². The van der Waals surface area contributed by atoms with E-state index in [0.717, 1.165) is 25.7 Å². The summed E-state index contributed by atoms with van der Waals surface area (Å²) in [7, 11) is 1.37. The number of halogens is 1. The predicted octanol–water partition coefficient (Wildman–Crippen LogP) is 3.94. The van der Waals surface area contributed by atoms with Crippen molar-refractivity contribution < 1.29 is 28.9 Å². The first-order valence-corrected chi connectivity index (χ1v) is 10.3. The maximum atomic E-state index is 13.8. The Labute approximate surface area is 179 Å². The molecule has 1 saturated carbocycles. The molecule has 1 aliphatic carbocycles. The lowest BCUT2D eigenvalue weighted by molar-refractivity contribution is -0.0844. The van der Waals surface area contributed by atoms with Gasteiger partial charge >= 0.3 is 5.97 Å². The number of carbonyl (C=O) groups is 1. The second kappa shape index (κ2) is 9.03. The molecule has 0 bridgehead atoms. The van der Waals surface area contributed by atoms with Gasteiger partial charge in [0.15, 0.2) is 11.6 Å². The molecule has 0 aliphatic heterocycles. The molecule has 2 atom stereocenters. The number of rotatable bonds is 8. The Balaban J connectivity index is 1.64. The summed E-state index contributed by atoms with van der Waals surface area (Å²) in [4.78, 5) is 11.5. The lowest BCUT2D eigenvalue weighted by atomic mass is 10.0. The number of aliphatic hydroxyl groups is 1. The van der Waals surface area contributed by atoms with E-state index in [4.69, 9.17) is 9.47 Å². The van der Waals surface area contributed by atoms with Gasteiger partial charge in [0.25, 0.3) is 0 Å². The van der Waals surface area contributed by atoms with Crippen molar-refractivity contribution in [2.75, 3.05) is 7.11 Å². The van der Waals surface area contributed by atoms with E-state index in [9.17, 15) is 19.4 Å². The van der Waals surface area contributed by atoms with Gasteiger partial charge in [-0.3, -0.25) is 4.68 Å². The SMILES string of the molecule is COc1cc([C@H](O)[C@H](Cn2cc3cccc(C(=O)O)c3n2)OC2CCCC2)ccc1F. The molecule has 7 nitrogen and oxygen atoms in total. The third-order valence-corrected chi connectivity index (χ3v) is 5.72. The number of aliphatic hydroxyl groups excluding tert-OH is 1. The van der Waals surface area contributed by atoms with Gasteiger partial charge in [0.05, 0.1) is 25.3 Å². The van der Waals surface area contributed by atoms with E-state index in [-0.39, 0.29) is 24.0 Å². The van der Waals surface area contributed by atoms with Gasteiger partial charge in [-0.2, -0.15) is 5.10 Å². The highest BCUT2D eigenvalue weighted by atomic mass is 19.1. The van der Waals surface area contributed by atoms with E-state index >= 15 is 0 Å². The lowest BCUT2D eigenvalue weighted by Gasteiger charge is -2.27. The third kappa shape index (κ3) is 4.55. The van der Waals surface area contributed by atoms with Crippen LogP contribution < -0.4 is 4.74 Å². The van der Waals surface area contributed by atoms with Gasteiger partial charge in [0.2, 0.25) is 0 Å². The lowest BCUT2D eigenvalue weighted by Crippen LogP contribution is -2.31. The zero-order chi connectivity index (χ0) is 22.0. The quantitative estimate of drug-likeness (QED) is 0.564. The summed E-state index contributed by atoms with van der Waals surface area (Å²) >= 11 is 0. The summed E-state index contributed by atoms with van der Waals surface area (Å²) in [6.45, 7) is 0.213. The second-order valence-corrected chi connectivity index (χ2v) is 7.82. The number of aromatic nitrogens is 2. The molecule has 4 rings (SSSR count). The molecule has 0 spiro atoms. The fraction of sp³-hybridized carbons (Fsp3) is 0.391. The first-order chi connectivity index (χ1) is 15.0. The third-order valence-electron chi connectivity index (χ3n) is 5.72. The average molecular weight is 428 g/mol. The first kappa shape index (κ1) is 21.3. The molecule has 1 aliphatic rings. The fourth-order valence-corrected chi connectivity index (χ4v) is 4.11. The van der Waals surface area contributed by atoms with Crippen molar-refractivity contribution in [3.63, 3.8) is 0 Å². The summed E-state index contributed by atoms with van der Waals surface area (Å²) < 4.78 is 26.7. The molecule has 1 aromatic heterocycles.